The Hall–Kier alpha value is -2.01. The fourth-order valence-corrected chi connectivity index (χ4v) is 6.34. The topological polar surface area (TPSA) is 52.5 Å². The predicted octanol–water partition coefficient (Wildman–Crippen LogP) is 3.02. The van der Waals surface area contributed by atoms with Crippen LogP contribution in [0.3, 0.4) is 0 Å². The van der Waals surface area contributed by atoms with Crippen molar-refractivity contribution in [3.63, 3.8) is 0 Å². The van der Waals surface area contributed by atoms with Crippen molar-refractivity contribution in [2.24, 2.45) is 11.8 Å². The minimum Gasteiger partial charge on any atom is -0.497 e. The molecular weight excluding hydrogens is 340 g/mol. The molecule has 2 aliphatic heterocycles. The molecule has 2 aromatic rings. The summed E-state index contributed by atoms with van der Waals surface area (Å²) in [5.74, 6) is 1.82. The van der Waals surface area contributed by atoms with Gasteiger partial charge in [-0.15, -0.1) is 0 Å². The maximum absolute atomic E-state index is 13.4. The second-order valence-corrected chi connectivity index (χ2v) is 8.44. The van der Waals surface area contributed by atoms with E-state index in [1.807, 2.05) is 6.07 Å². The summed E-state index contributed by atoms with van der Waals surface area (Å²) in [6.07, 6.45) is 4.11. The number of nitrogens with one attached hydrogen (secondary N) is 1. The highest BCUT2D eigenvalue weighted by Crippen LogP contribution is 2.54. The van der Waals surface area contributed by atoms with Gasteiger partial charge in [-0.25, -0.2) is 0 Å². The van der Waals surface area contributed by atoms with E-state index in [1.54, 1.807) is 14.2 Å². The minimum absolute atomic E-state index is 0.0676. The van der Waals surface area contributed by atoms with Gasteiger partial charge in [0.2, 0.25) is 0 Å². The molecule has 5 rings (SSSR count). The first-order chi connectivity index (χ1) is 13.1. The Morgan fingerprint density at radius 1 is 1.37 bits per heavy atom. The van der Waals surface area contributed by atoms with Gasteiger partial charge in [-0.1, -0.05) is 13.3 Å². The molecule has 1 aromatic heterocycles. The van der Waals surface area contributed by atoms with Crippen LogP contribution in [0.5, 0.6) is 5.75 Å². The van der Waals surface area contributed by atoms with Gasteiger partial charge in [-0.05, 0) is 55.3 Å². The lowest BCUT2D eigenvalue weighted by Crippen LogP contribution is -2.63. The molecule has 1 saturated carbocycles. The molecule has 1 aromatic carbocycles. The lowest BCUT2D eigenvalue weighted by molar-refractivity contribution is -0.154. The van der Waals surface area contributed by atoms with Crippen molar-refractivity contribution in [3.05, 3.63) is 29.5 Å². The highest BCUT2D eigenvalue weighted by molar-refractivity contribution is 5.93. The molecule has 0 saturated heterocycles. The van der Waals surface area contributed by atoms with Gasteiger partial charge in [0.1, 0.15) is 11.2 Å². The average molecular weight is 368 g/mol. The van der Waals surface area contributed by atoms with Crippen LogP contribution < -0.4 is 10.1 Å². The van der Waals surface area contributed by atoms with Gasteiger partial charge in [0, 0.05) is 29.7 Å². The summed E-state index contributed by atoms with van der Waals surface area (Å²) >= 11 is 0. The largest absolute Gasteiger partial charge is 0.497 e. The number of ether oxygens (including phenoxy) is 2. The highest BCUT2D eigenvalue weighted by Gasteiger charge is 2.60. The van der Waals surface area contributed by atoms with E-state index in [2.05, 4.69) is 28.9 Å². The molecule has 5 heteroatoms. The summed E-state index contributed by atoms with van der Waals surface area (Å²) in [5, 5.41) is 5.03. The molecule has 27 heavy (non-hydrogen) atoms. The second-order valence-electron chi connectivity index (χ2n) is 8.44. The SMILES string of the molecule is CC[C@H]1C[C@@H]2Cn3c4c(c5ccc(OC)cc53)CCN[C@H]1[C@@]4(C(=O)OC)C2. The number of nitrogens with zero attached hydrogens (tertiary/aromatic N) is 1. The Bertz CT molecular complexity index is 918. The first-order valence-electron chi connectivity index (χ1n) is 10.2. The van der Waals surface area contributed by atoms with Gasteiger partial charge in [-0.2, -0.15) is 0 Å². The Morgan fingerprint density at radius 2 is 2.22 bits per heavy atom. The number of carbonyl (C=O) groups excluding carboxylic acids is 1. The van der Waals surface area contributed by atoms with E-state index in [9.17, 15) is 4.79 Å². The van der Waals surface area contributed by atoms with E-state index < -0.39 is 5.41 Å². The number of esters is 1. The van der Waals surface area contributed by atoms with E-state index in [-0.39, 0.29) is 12.0 Å². The smallest absolute Gasteiger partial charge is 0.319 e. The summed E-state index contributed by atoms with van der Waals surface area (Å²) in [4.78, 5) is 13.4. The van der Waals surface area contributed by atoms with Crippen LogP contribution in [-0.4, -0.2) is 37.3 Å². The zero-order chi connectivity index (χ0) is 18.8. The van der Waals surface area contributed by atoms with Crippen molar-refractivity contribution >= 4 is 16.9 Å². The quantitative estimate of drug-likeness (QED) is 0.846. The normalized spacial score (nSPS) is 31.4. The third kappa shape index (κ3) is 2.12. The van der Waals surface area contributed by atoms with Crippen molar-refractivity contribution in [2.75, 3.05) is 20.8 Å². The Morgan fingerprint density at radius 3 is 2.96 bits per heavy atom. The second kappa shape index (κ2) is 5.99. The van der Waals surface area contributed by atoms with E-state index in [0.717, 1.165) is 38.1 Å². The van der Waals surface area contributed by atoms with E-state index in [4.69, 9.17) is 9.47 Å². The highest BCUT2D eigenvalue weighted by atomic mass is 16.5. The molecule has 0 amide bonds. The first-order valence-corrected chi connectivity index (χ1v) is 10.2. The van der Waals surface area contributed by atoms with Crippen LogP contribution in [0.1, 0.15) is 37.4 Å². The number of hydrogen-bond acceptors (Lipinski definition) is 4. The number of hydrogen-bond donors (Lipinski definition) is 1. The molecule has 3 heterocycles. The molecule has 4 atom stereocenters. The Labute approximate surface area is 160 Å². The molecular formula is C22H28N2O3. The van der Waals surface area contributed by atoms with Crippen LogP contribution in [0, 0.1) is 11.8 Å². The van der Waals surface area contributed by atoms with Crippen LogP contribution in [-0.2, 0) is 27.9 Å². The third-order valence-corrected chi connectivity index (χ3v) is 7.30. The maximum Gasteiger partial charge on any atom is 0.319 e. The summed E-state index contributed by atoms with van der Waals surface area (Å²) in [5.41, 5.74) is 3.16. The number of benzene rings is 1. The number of methoxy groups -OCH3 is 2. The number of carbonyl (C=O) groups is 1. The summed E-state index contributed by atoms with van der Waals surface area (Å²) in [6.45, 7) is 4.15. The molecule has 144 valence electrons. The molecule has 0 spiro atoms. The van der Waals surface area contributed by atoms with Gasteiger partial charge in [0.15, 0.2) is 0 Å². The lowest BCUT2D eigenvalue weighted by atomic mass is 9.58. The third-order valence-electron chi connectivity index (χ3n) is 7.30. The van der Waals surface area contributed by atoms with Gasteiger partial charge in [0.25, 0.3) is 0 Å². The van der Waals surface area contributed by atoms with Crippen molar-refractivity contribution in [3.8, 4) is 5.75 Å². The maximum atomic E-state index is 13.4. The van der Waals surface area contributed by atoms with Crippen LogP contribution in [0.15, 0.2) is 18.2 Å². The average Bonchev–Trinajstić information content (AvgIpc) is 2.88. The Kier molecular flexibility index (Phi) is 3.80. The fourth-order valence-electron chi connectivity index (χ4n) is 6.34. The first kappa shape index (κ1) is 17.1. The van der Waals surface area contributed by atoms with Gasteiger partial charge in [-0.3, -0.25) is 4.79 Å². The van der Waals surface area contributed by atoms with Crippen molar-refractivity contribution < 1.29 is 14.3 Å². The molecule has 1 fully saturated rings. The van der Waals surface area contributed by atoms with Crippen LogP contribution in [0.2, 0.25) is 0 Å². The number of fused-ring (bicyclic) bond motifs is 4. The number of rotatable bonds is 3. The summed E-state index contributed by atoms with van der Waals surface area (Å²) in [7, 11) is 3.25. The molecule has 0 radical (unpaired) electrons. The van der Waals surface area contributed by atoms with Crippen LogP contribution in [0.4, 0.5) is 0 Å². The minimum atomic E-state index is -0.575. The van der Waals surface area contributed by atoms with Crippen LogP contribution >= 0.6 is 0 Å². The zero-order valence-corrected chi connectivity index (χ0v) is 16.4. The van der Waals surface area contributed by atoms with E-state index >= 15 is 0 Å². The Balaban J connectivity index is 1.86. The standard InChI is InChI=1S/C22H28N2O3/c1-4-14-9-13-11-22(21(25)27-3)19(14)23-8-7-17-16-6-5-15(26-2)10-18(16)24(12-13)20(17)22/h5-6,10,13-14,19,23H,4,7-9,11-12H2,1-3H3/t13-,14-,19+,22-/m0/s1. The van der Waals surface area contributed by atoms with Gasteiger partial charge < -0.3 is 19.4 Å². The molecule has 0 unspecified atom stereocenters. The van der Waals surface area contributed by atoms with E-state index in [1.165, 1.54) is 28.6 Å². The van der Waals surface area contributed by atoms with Crippen molar-refractivity contribution in [1.82, 2.24) is 9.88 Å². The van der Waals surface area contributed by atoms with Crippen molar-refractivity contribution in [2.45, 2.75) is 50.6 Å². The monoisotopic (exact) mass is 368 g/mol. The van der Waals surface area contributed by atoms with Gasteiger partial charge >= 0.3 is 5.97 Å². The van der Waals surface area contributed by atoms with Gasteiger partial charge in [0.05, 0.1) is 19.7 Å². The van der Waals surface area contributed by atoms with Crippen LogP contribution in [0.25, 0.3) is 10.9 Å². The molecule has 5 nitrogen and oxygen atoms in total. The lowest BCUT2D eigenvalue weighted by Gasteiger charge is -2.52. The molecule has 1 N–H and O–H groups in total. The molecule has 3 aliphatic rings. The zero-order valence-electron chi connectivity index (χ0n) is 16.4. The summed E-state index contributed by atoms with van der Waals surface area (Å²) in [6, 6.07) is 6.49. The fraction of sp³-hybridized carbons (Fsp3) is 0.591. The summed E-state index contributed by atoms with van der Waals surface area (Å²) < 4.78 is 13.4. The number of aromatic nitrogens is 1. The molecule has 1 aliphatic carbocycles. The van der Waals surface area contributed by atoms with E-state index in [0.29, 0.717) is 11.8 Å². The van der Waals surface area contributed by atoms with Crippen molar-refractivity contribution in [1.29, 1.82) is 0 Å². The predicted molar refractivity (Wildman–Crippen MR) is 104 cm³/mol. The molecule has 2 bridgehead atoms.